The Morgan fingerprint density at radius 3 is 2.81 bits per heavy atom. The van der Waals surface area contributed by atoms with Crippen LogP contribution in [0.3, 0.4) is 0 Å². The number of aromatic nitrogens is 1. The molecule has 5 heteroatoms. The summed E-state index contributed by atoms with van der Waals surface area (Å²) in [5.41, 5.74) is 1.16. The Morgan fingerprint density at radius 1 is 1.62 bits per heavy atom. The smallest absolute Gasteiger partial charge is 0.290 e. The monoisotopic (exact) mass is 222 g/mol. The third kappa shape index (κ3) is 2.36. The van der Waals surface area contributed by atoms with Crippen LogP contribution in [0.2, 0.25) is 0 Å². The average molecular weight is 222 g/mol. The highest BCUT2D eigenvalue weighted by atomic mass is 16.6. The summed E-state index contributed by atoms with van der Waals surface area (Å²) >= 11 is 0. The fourth-order valence-corrected chi connectivity index (χ4v) is 1.77. The predicted octanol–water partition coefficient (Wildman–Crippen LogP) is 1.61. The number of hydrogen-bond acceptors (Lipinski definition) is 4. The van der Waals surface area contributed by atoms with E-state index in [1.54, 1.807) is 13.0 Å². The summed E-state index contributed by atoms with van der Waals surface area (Å²) in [6, 6.07) is 3.08. The van der Waals surface area contributed by atoms with Crippen LogP contribution in [-0.4, -0.2) is 21.1 Å². The van der Waals surface area contributed by atoms with E-state index in [9.17, 15) is 15.2 Å². The second-order valence-corrected chi connectivity index (χ2v) is 4.27. The van der Waals surface area contributed by atoms with Crippen LogP contribution < -0.4 is 0 Å². The van der Waals surface area contributed by atoms with Gasteiger partial charge in [0.05, 0.1) is 11.0 Å². The lowest BCUT2D eigenvalue weighted by molar-refractivity contribution is -0.385. The fraction of sp³-hybridized carbons (Fsp3) is 0.545. The van der Waals surface area contributed by atoms with E-state index in [2.05, 4.69) is 4.98 Å². The van der Waals surface area contributed by atoms with Gasteiger partial charge in [0, 0.05) is 18.2 Å². The van der Waals surface area contributed by atoms with Crippen molar-refractivity contribution >= 4 is 5.69 Å². The highest BCUT2D eigenvalue weighted by molar-refractivity contribution is 5.35. The molecule has 0 bridgehead atoms. The third-order valence-corrected chi connectivity index (χ3v) is 2.90. The number of aryl methyl sites for hydroxylation is 1. The lowest BCUT2D eigenvalue weighted by Gasteiger charge is -2.08. The molecule has 0 amide bonds. The van der Waals surface area contributed by atoms with Crippen LogP contribution in [0.1, 0.15) is 24.2 Å². The maximum Gasteiger partial charge on any atom is 0.290 e. The van der Waals surface area contributed by atoms with Crippen molar-refractivity contribution in [3.63, 3.8) is 0 Å². The molecule has 1 N–H and O–H groups in total. The molecule has 0 spiro atoms. The van der Waals surface area contributed by atoms with E-state index in [0.717, 1.165) is 18.5 Å². The minimum absolute atomic E-state index is 0.0321. The van der Waals surface area contributed by atoms with E-state index in [0.29, 0.717) is 18.0 Å². The first kappa shape index (κ1) is 11.0. The van der Waals surface area contributed by atoms with Crippen molar-refractivity contribution in [1.29, 1.82) is 0 Å². The van der Waals surface area contributed by atoms with Crippen molar-refractivity contribution in [2.45, 2.75) is 32.3 Å². The zero-order valence-electron chi connectivity index (χ0n) is 9.09. The summed E-state index contributed by atoms with van der Waals surface area (Å²) in [5.74, 6) is 0.400. The summed E-state index contributed by atoms with van der Waals surface area (Å²) in [5, 5.41) is 20.3. The first-order valence-corrected chi connectivity index (χ1v) is 5.37. The molecule has 1 unspecified atom stereocenters. The number of nitro groups is 1. The Balaban J connectivity index is 2.10. The Morgan fingerprint density at radius 2 is 2.31 bits per heavy atom. The molecule has 16 heavy (non-hydrogen) atoms. The van der Waals surface area contributed by atoms with Gasteiger partial charge in [0.15, 0.2) is 0 Å². The normalized spacial score (nSPS) is 17.1. The number of aliphatic hydroxyl groups is 1. The number of hydrogen-bond donors (Lipinski definition) is 1. The van der Waals surface area contributed by atoms with Crippen molar-refractivity contribution in [1.82, 2.24) is 4.98 Å². The second-order valence-electron chi connectivity index (χ2n) is 4.27. The zero-order chi connectivity index (χ0) is 11.7. The summed E-state index contributed by atoms with van der Waals surface area (Å²) in [7, 11) is 0. The van der Waals surface area contributed by atoms with Gasteiger partial charge in [-0.3, -0.25) is 15.1 Å². The van der Waals surface area contributed by atoms with Gasteiger partial charge < -0.3 is 5.11 Å². The van der Waals surface area contributed by atoms with Gasteiger partial charge in [-0.15, -0.1) is 0 Å². The third-order valence-electron chi connectivity index (χ3n) is 2.90. The van der Waals surface area contributed by atoms with Gasteiger partial charge in [-0.2, -0.15) is 0 Å². The molecule has 1 aromatic heterocycles. The summed E-state index contributed by atoms with van der Waals surface area (Å²) in [6.45, 7) is 1.62. The average Bonchev–Trinajstić information content (AvgIpc) is 2.99. The quantitative estimate of drug-likeness (QED) is 0.620. The van der Waals surface area contributed by atoms with E-state index < -0.39 is 4.92 Å². The van der Waals surface area contributed by atoms with Crippen LogP contribution in [0.25, 0.3) is 0 Å². The van der Waals surface area contributed by atoms with Gasteiger partial charge >= 0.3 is 0 Å². The maximum atomic E-state index is 10.6. The Hall–Kier alpha value is -1.49. The Bertz CT molecular complexity index is 416. The van der Waals surface area contributed by atoms with Gasteiger partial charge in [0.1, 0.15) is 5.69 Å². The highest BCUT2D eigenvalue weighted by Crippen LogP contribution is 2.33. The molecule has 1 aromatic rings. The van der Waals surface area contributed by atoms with E-state index in [-0.39, 0.29) is 11.8 Å². The molecule has 0 aromatic carbocycles. The highest BCUT2D eigenvalue weighted by Gasteiger charge is 2.30. The first-order valence-electron chi connectivity index (χ1n) is 5.37. The number of aliphatic hydroxyl groups excluding tert-OH is 1. The molecule has 0 aliphatic heterocycles. The van der Waals surface area contributed by atoms with Gasteiger partial charge in [-0.05, 0) is 31.7 Å². The Kier molecular flexibility index (Phi) is 2.87. The maximum absolute atomic E-state index is 10.6. The second kappa shape index (κ2) is 4.17. The topological polar surface area (TPSA) is 76.3 Å². The van der Waals surface area contributed by atoms with Crippen LogP contribution in [0, 0.1) is 23.0 Å². The van der Waals surface area contributed by atoms with Crippen LogP contribution >= 0.6 is 0 Å². The van der Waals surface area contributed by atoms with Crippen molar-refractivity contribution in [2.75, 3.05) is 0 Å². The van der Waals surface area contributed by atoms with Gasteiger partial charge in [0.25, 0.3) is 5.69 Å². The summed E-state index contributed by atoms with van der Waals surface area (Å²) in [4.78, 5) is 14.3. The largest absolute Gasteiger partial charge is 0.392 e. The molecule has 1 aliphatic rings. The summed E-state index contributed by atoms with van der Waals surface area (Å²) < 4.78 is 0. The number of pyridine rings is 1. The van der Waals surface area contributed by atoms with E-state index in [4.69, 9.17) is 0 Å². The number of rotatable bonds is 4. The van der Waals surface area contributed by atoms with Crippen LogP contribution in [0.5, 0.6) is 0 Å². The van der Waals surface area contributed by atoms with E-state index in [1.165, 1.54) is 6.07 Å². The molecular weight excluding hydrogens is 208 g/mol. The van der Waals surface area contributed by atoms with E-state index >= 15 is 0 Å². The van der Waals surface area contributed by atoms with Crippen molar-refractivity contribution in [3.05, 3.63) is 33.6 Å². The minimum Gasteiger partial charge on any atom is -0.392 e. The molecule has 5 nitrogen and oxygen atoms in total. The Labute approximate surface area is 93.3 Å². The lowest BCUT2D eigenvalue weighted by atomic mass is 10.1. The predicted molar refractivity (Wildman–Crippen MR) is 58.1 cm³/mol. The van der Waals surface area contributed by atoms with Crippen LogP contribution in [0.15, 0.2) is 12.1 Å². The minimum atomic E-state index is -0.441. The zero-order valence-corrected chi connectivity index (χ0v) is 9.09. The molecule has 86 valence electrons. The number of nitrogens with zero attached hydrogens (tertiary/aromatic N) is 2. The first-order chi connectivity index (χ1) is 7.58. The standard InChI is InChI=1S/C11H14N2O3/c1-7-10(13(15)16)5-4-9(12-7)6-11(14)8-2-3-8/h4-5,8,11,14H,2-3,6H2,1H3. The van der Waals surface area contributed by atoms with Gasteiger partial charge in [-0.25, -0.2) is 0 Å². The molecule has 2 rings (SSSR count). The SMILES string of the molecule is Cc1nc(CC(O)C2CC2)ccc1[N+](=O)[O-]. The van der Waals surface area contributed by atoms with E-state index in [1.807, 2.05) is 0 Å². The van der Waals surface area contributed by atoms with Crippen LogP contribution in [0.4, 0.5) is 5.69 Å². The molecular formula is C11H14N2O3. The lowest BCUT2D eigenvalue weighted by Crippen LogP contribution is -2.14. The molecule has 1 fully saturated rings. The van der Waals surface area contributed by atoms with Gasteiger partial charge in [-0.1, -0.05) is 0 Å². The van der Waals surface area contributed by atoms with Crippen LogP contribution in [-0.2, 0) is 6.42 Å². The van der Waals surface area contributed by atoms with Crippen molar-refractivity contribution in [3.8, 4) is 0 Å². The molecule has 0 saturated heterocycles. The van der Waals surface area contributed by atoms with Crippen molar-refractivity contribution in [2.24, 2.45) is 5.92 Å². The molecule has 1 atom stereocenters. The summed E-state index contributed by atoms with van der Waals surface area (Å²) in [6.07, 6.45) is 2.29. The molecule has 0 radical (unpaired) electrons. The fourth-order valence-electron chi connectivity index (χ4n) is 1.77. The molecule has 1 aliphatic carbocycles. The van der Waals surface area contributed by atoms with Gasteiger partial charge in [0.2, 0.25) is 0 Å². The molecule has 1 heterocycles. The molecule has 1 saturated carbocycles. The van der Waals surface area contributed by atoms with Crippen molar-refractivity contribution < 1.29 is 10.0 Å².